The summed E-state index contributed by atoms with van der Waals surface area (Å²) < 4.78 is 6.73. The minimum Gasteiger partial charge on any atom is -0.371 e. The van der Waals surface area contributed by atoms with Crippen LogP contribution in [-0.2, 0) is 4.74 Å². The van der Waals surface area contributed by atoms with Crippen LogP contribution in [0.15, 0.2) is 0 Å². The molecule has 0 amide bonds. The summed E-state index contributed by atoms with van der Waals surface area (Å²) in [4.78, 5) is 9.08. The van der Waals surface area contributed by atoms with E-state index >= 15 is 0 Å². The predicted octanol–water partition coefficient (Wildman–Crippen LogP) is 3.31. The Hall–Kier alpha value is -0.430. The third kappa shape index (κ3) is 3.77. The van der Waals surface area contributed by atoms with Crippen LogP contribution >= 0.6 is 22.6 Å². The highest BCUT2D eigenvalue weighted by atomic mass is 127. The number of halogens is 1. The largest absolute Gasteiger partial charge is 0.371 e. The van der Waals surface area contributed by atoms with E-state index in [1.54, 1.807) is 0 Å². The summed E-state index contributed by atoms with van der Waals surface area (Å²) in [5, 5.41) is 3.26. The fourth-order valence-corrected chi connectivity index (χ4v) is 2.02. The van der Waals surface area contributed by atoms with Gasteiger partial charge in [-0.1, -0.05) is 6.92 Å². The number of hydrogen-bond acceptors (Lipinski definition) is 4. The normalized spacial score (nSPS) is 12.5. The summed E-state index contributed by atoms with van der Waals surface area (Å²) in [6, 6.07) is 0. The van der Waals surface area contributed by atoms with Gasteiger partial charge in [0.25, 0.3) is 0 Å². The third-order valence-electron chi connectivity index (χ3n) is 2.41. The van der Waals surface area contributed by atoms with E-state index in [0.717, 1.165) is 33.9 Å². The lowest BCUT2D eigenvalue weighted by Crippen LogP contribution is -2.13. The van der Waals surface area contributed by atoms with Gasteiger partial charge < -0.3 is 10.1 Å². The van der Waals surface area contributed by atoms with Crippen LogP contribution in [0.2, 0.25) is 0 Å². The van der Waals surface area contributed by atoms with E-state index in [4.69, 9.17) is 4.74 Å². The number of nitrogens with one attached hydrogen (secondary N) is 1. The van der Waals surface area contributed by atoms with Crippen LogP contribution in [0.25, 0.3) is 0 Å². The van der Waals surface area contributed by atoms with Gasteiger partial charge in [0.15, 0.2) is 5.82 Å². The molecule has 0 saturated carbocycles. The summed E-state index contributed by atoms with van der Waals surface area (Å²) >= 11 is 2.27. The van der Waals surface area contributed by atoms with Crippen molar-refractivity contribution in [1.29, 1.82) is 0 Å². The minimum atomic E-state index is -0.00638. The van der Waals surface area contributed by atoms with Crippen molar-refractivity contribution in [3.63, 3.8) is 0 Å². The van der Waals surface area contributed by atoms with Crippen molar-refractivity contribution in [3.05, 3.63) is 15.1 Å². The van der Waals surface area contributed by atoms with E-state index in [9.17, 15) is 0 Å². The zero-order valence-corrected chi connectivity index (χ0v) is 13.0. The molecule has 17 heavy (non-hydrogen) atoms. The Labute approximate surface area is 117 Å². The number of aromatic nitrogens is 2. The molecule has 96 valence electrons. The molecule has 0 aliphatic rings. The van der Waals surface area contributed by atoms with Crippen molar-refractivity contribution in [2.45, 2.75) is 40.2 Å². The van der Waals surface area contributed by atoms with E-state index in [2.05, 4.69) is 51.7 Å². The molecule has 0 saturated heterocycles. The highest BCUT2D eigenvalue weighted by Crippen LogP contribution is 2.24. The molecule has 0 fully saturated rings. The molecule has 0 aliphatic carbocycles. The highest BCUT2D eigenvalue weighted by Gasteiger charge is 2.16. The second-order valence-electron chi connectivity index (χ2n) is 3.71. The first-order valence-electron chi connectivity index (χ1n) is 6.03. The first-order valence-corrected chi connectivity index (χ1v) is 7.11. The lowest BCUT2D eigenvalue weighted by atomic mass is 10.2. The monoisotopic (exact) mass is 349 g/mol. The Kier molecular flexibility index (Phi) is 6.11. The van der Waals surface area contributed by atoms with Crippen LogP contribution in [0.4, 0.5) is 5.82 Å². The van der Waals surface area contributed by atoms with Crippen LogP contribution in [0.1, 0.15) is 44.8 Å². The van der Waals surface area contributed by atoms with Gasteiger partial charge in [0.05, 0.1) is 9.26 Å². The lowest BCUT2D eigenvalue weighted by molar-refractivity contribution is 0.0534. The van der Waals surface area contributed by atoms with Crippen molar-refractivity contribution in [2.24, 2.45) is 0 Å². The standard InChI is InChI=1S/C12H20IN3O/c1-5-9(17-7-3)11-15-8(4)10(13)12(16-11)14-6-2/h9H,5-7H2,1-4H3,(H,14,15,16). The second-order valence-corrected chi connectivity index (χ2v) is 4.79. The summed E-state index contributed by atoms with van der Waals surface area (Å²) in [5.74, 6) is 1.69. The van der Waals surface area contributed by atoms with Gasteiger partial charge in [-0.3, -0.25) is 0 Å². The smallest absolute Gasteiger partial charge is 0.159 e. The molecule has 1 aromatic heterocycles. The molecule has 0 aliphatic heterocycles. The topological polar surface area (TPSA) is 47.0 Å². The van der Waals surface area contributed by atoms with Crippen molar-refractivity contribution in [1.82, 2.24) is 9.97 Å². The molecular formula is C12H20IN3O. The Balaban J connectivity index is 3.07. The predicted molar refractivity (Wildman–Crippen MR) is 78.3 cm³/mol. The maximum Gasteiger partial charge on any atom is 0.159 e. The third-order valence-corrected chi connectivity index (χ3v) is 3.70. The number of hydrogen-bond donors (Lipinski definition) is 1. The highest BCUT2D eigenvalue weighted by molar-refractivity contribution is 14.1. The summed E-state index contributed by atoms with van der Waals surface area (Å²) in [6.45, 7) is 9.69. The van der Waals surface area contributed by atoms with Gasteiger partial charge in [-0.05, 0) is 49.8 Å². The number of nitrogens with zero attached hydrogens (tertiary/aromatic N) is 2. The molecule has 1 atom stereocenters. The van der Waals surface area contributed by atoms with Gasteiger partial charge in [-0.2, -0.15) is 0 Å². The van der Waals surface area contributed by atoms with Crippen LogP contribution in [-0.4, -0.2) is 23.1 Å². The first-order chi connectivity index (χ1) is 8.13. The number of rotatable bonds is 6. The molecule has 1 rings (SSSR count). The van der Waals surface area contributed by atoms with E-state index in [-0.39, 0.29) is 6.10 Å². The molecule has 0 radical (unpaired) electrons. The number of ether oxygens (including phenoxy) is 1. The fraction of sp³-hybridized carbons (Fsp3) is 0.667. The van der Waals surface area contributed by atoms with Gasteiger partial charge in [-0.15, -0.1) is 0 Å². The summed E-state index contributed by atoms with van der Waals surface area (Å²) in [7, 11) is 0. The maximum atomic E-state index is 5.65. The molecule has 5 heteroatoms. The average Bonchev–Trinajstić information content (AvgIpc) is 2.32. The molecular weight excluding hydrogens is 329 g/mol. The Bertz CT molecular complexity index is 371. The van der Waals surface area contributed by atoms with E-state index in [1.807, 2.05) is 13.8 Å². The van der Waals surface area contributed by atoms with E-state index < -0.39 is 0 Å². The van der Waals surface area contributed by atoms with Gasteiger partial charge in [0.1, 0.15) is 11.9 Å². The van der Waals surface area contributed by atoms with Gasteiger partial charge in [0.2, 0.25) is 0 Å². The molecule has 0 bridgehead atoms. The molecule has 1 heterocycles. The van der Waals surface area contributed by atoms with Crippen molar-refractivity contribution in [3.8, 4) is 0 Å². The van der Waals surface area contributed by atoms with Crippen LogP contribution < -0.4 is 5.32 Å². The van der Waals surface area contributed by atoms with Crippen LogP contribution in [0.3, 0.4) is 0 Å². The fourth-order valence-electron chi connectivity index (χ4n) is 1.59. The number of aryl methyl sites for hydroxylation is 1. The molecule has 1 N–H and O–H groups in total. The van der Waals surface area contributed by atoms with Gasteiger partial charge in [-0.25, -0.2) is 9.97 Å². The molecule has 0 spiro atoms. The zero-order valence-electron chi connectivity index (χ0n) is 10.9. The maximum absolute atomic E-state index is 5.65. The van der Waals surface area contributed by atoms with Crippen molar-refractivity contribution >= 4 is 28.4 Å². The molecule has 0 aromatic carbocycles. The summed E-state index contributed by atoms with van der Waals surface area (Å²) in [6.07, 6.45) is 0.882. The molecule has 1 aromatic rings. The van der Waals surface area contributed by atoms with Crippen LogP contribution in [0.5, 0.6) is 0 Å². The SMILES string of the molecule is CCNc1nc(C(CC)OCC)nc(C)c1I. The molecule has 4 nitrogen and oxygen atoms in total. The zero-order chi connectivity index (χ0) is 12.8. The average molecular weight is 349 g/mol. The van der Waals surface area contributed by atoms with E-state index in [1.165, 1.54) is 0 Å². The Morgan fingerprint density at radius 2 is 2.00 bits per heavy atom. The lowest BCUT2D eigenvalue weighted by Gasteiger charge is -2.16. The second kappa shape index (κ2) is 7.10. The van der Waals surface area contributed by atoms with Gasteiger partial charge >= 0.3 is 0 Å². The minimum absolute atomic E-state index is 0.00638. The van der Waals surface area contributed by atoms with Gasteiger partial charge in [0, 0.05) is 13.2 Å². The Morgan fingerprint density at radius 1 is 1.29 bits per heavy atom. The number of anilines is 1. The van der Waals surface area contributed by atoms with Crippen molar-refractivity contribution in [2.75, 3.05) is 18.5 Å². The summed E-state index contributed by atoms with van der Waals surface area (Å²) in [5.41, 5.74) is 1.00. The van der Waals surface area contributed by atoms with Crippen LogP contribution in [0, 0.1) is 10.5 Å². The quantitative estimate of drug-likeness (QED) is 0.801. The molecule has 1 unspecified atom stereocenters. The van der Waals surface area contributed by atoms with E-state index in [0.29, 0.717) is 6.61 Å². The Morgan fingerprint density at radius 3 is 2.53 bits per heavy atom. The van der Waals surface area contributed by atoms with Crippen molar-refractivity contribution < 1.29 is 4.74 Å². The first kappa shape index (κ1) is 14.6.